The lowest BCUT2D eigenvalue weighted by molar-refractivity contribution is -0.120. The normalized spacial score (nSPS) is 24.9. The second kappa shape index (κ2) is 7.70. The van der Waals surface area contributed by atoms with Crippen molar-refractivity contribution in [2.45, 2.75) is 58.9 Å². The molecule has 17 heavy (non-hydrogen) atoms. The second-order valence-electron chi connectivity index (χ2n) is 5.80. The molecule has 0 spiro atoms. The van der Waals surface area contributed by atoms with Crippen LogP contribution in [0.2, 0.25) is 0 Å². The van der Waals surface area contributed by atoms with Crippen molar-refractivity contribution >= 4 is 5.91 Å². The largest absolute Gasteiger partial charge is 0.355 e. The van der Waals surface area contributed by atoms with Gasteiger partial charge in [0.2, 0.25) is 5.91 Å². The minimum absolute atomic E-state index is 0.128. The summed E-state index contributed by atoms with van der Waals surface area (Å²) < 4.78 is 0. The number of rotatable bonds is 6. The summed E-state index contributed by atoms with van der Waals surface area (Å²) in [6.45, 7) is 7.74. The van der Waals surface area contributed by atoms with Crippen LogP contribution in [0.15, 0.2) is 0 Å². The van der Waals surface area contributed by atoms with Crippen LogP contribution in [-0.2, 0) is 4.79 Å². The average molecular weight is 240 g/mol. The molecule has 1 amide bonds. The maximum absolute atomic E-state index is 11.5. The highest BCUT2D eigenvalue weighted by Gasteiger charge is 2.17. The molecule has 1 rings (SSSR count). The molecule has 1 fully saturated rings. The van der Waals surface area contributed by atoms with Crippen molar-refractivity contribution in [1.29, 1.82) is 0 Å². The fraction of sp³-hybridized carbons (Fsp3) is 0.929. The van der Waals surface area contributed by atoms with Gasteiger partial charge in [-0.25, -0.2) is 0 Å². The molecule has 3 nitrogen and oxygen atoms in total. The molecule has 0 radical (unpaired) electrons. The molecule has 0 aliphatic heterocycles. The lowest BCUT2D eigenvalue weighted by Gasteiger charge is -2.26. The van der Waals surface area contributed by atoms with Gasteiger partial charge >= 0.3 is 0 Å². The van der Waals surface area contributed by atoms with Crippen molar-refractivity contribution < 1.29 is 4.79 Å². The van der Waals surface area contributed by atoms with E-state index < -0.39 is 0 Å². The number of hydrogen-bond donors (Lipinski definition) is 2. The summed E-state index contributed by atoms with van der Waals surface area (Å²) in [6, 6.07) is 0.376. The van der Waals surface area contributed by atoms with Gasteiger partial charge < -0.3 is 10.6 Å². The fourth-order valence-corrected chi connectivity index (χ4v) is 2.39. The minimum Gasteiger partial charge on any atom is -0.355 e. The molecule has 0 bridgehead atoms. The Morgan fingerprint density at radius 3 is 2.47 bits per heavy atom. The summed E-state index contributed by atoms with van der Waals surface area (Å²) in [5, 5.41) is 6.12. The molecule has 0 aromatic rings. The molecule has 3 heteroatoms. The van der Waals surface area contributed by atoms with Crippen molar-refractivity contribution in [2.75, 3.05) is 13.1 Å². The molecular formula is C14H28N2O. The van der Waals surface area contributed by atoms with Crippen molar-refractivity contribution in [3.8, 4) is 0 Å². The van der Waals surface area contributed by atoms with Gasteiger partial charge in [-0.3, -0.25) is 4.79 Å². The van der Waals surface area contributed by atoms with E-state index in [1.165, 1.54) is 25.7 Å². The number of amides is 1. The molecule has 1 saturated carbocycles. The predicted octanol–water partition coefficient (Wildman–Crippen LogP) is 2.32. The summed E-state index contributed by atoms with van der Waals surface area (Å²) in [6.07, 6.45) is 6.59. The third kappa shape index (κ3) is 6.67. The summed E-state index contributed by atoms with van der Waals surface area (Å²) in [4.78, 5) is 11.5. The zero-order valence-electron chi connectivity index (χ0n) is 11.6. The molecule has 0 saturated heterocycles. The lowest BCUT2D eigenvalue weighted by atomic mass is 9.81. The standard InChI is InChI=1S/C14H28N2O/c1-11(2)16-10-14(17)15-9-8-13-6-4-12(3)5-7-13/h11-13,16H,4-10H2,1-3H3,(H,15,17). The van der Waals surface area contributed by atoms with E-state index in [1.807, 2.05) is 0 Å². The molecular weight excluding hydrogens is 212 g/mol. The smallest absolute Gasteiger partial charge is 0.233 e. The topological polar surface area (TPSA) is 41.1 Å². The summed E-state index contributed by atoms with van der Waals surface area (Å²) in [5.74, 6) is 1.88. The first-order chi connectivity index (χ1) is 8.08. The van der Waals surface area contributed by atoms with Crippen molar-refractivity contribution in [3.63, 3.8) is 0 Å². The first kappa shape index (κ1) is 14.5. The highest BCUT2D eigenvalue weighted by Crippen LogP contribution is 2.29. The minimum atomic E-state index is 0.128. The molecule has 1 aliphatic carbocycles. The van der Waals surface area contributed by atoms with Gasteiger partial charge in [-0.15, -0.1) is 0 Å². The Kier molecular flexibility index (Phi) is 6.56. The summed E-state index contributed by atoms with van der Waals surface area (Å²) in [7, 11) is 0. The lowest BCUT2D eigenvalue weighted by Crippen LogP contribution is -2.37. The quantitative estimate of drug-likeness (QED) is 0.748. The Balaban J connectivity index is 2.01. The second-order valence-corrected chi connectivity index (χ2v) is 5.80. The molecule has 2 N–H and O–H groups in total. The third-order valence-corrected chi connectivity index (χ3v) is 3.68. The van der Waals surface area contributed by atoms with Gasteiger partial charge in [-0.05, 0) is 18.3 Å². The Bertz CT molecular complexity index is 220. The van der Waals surface area contributed by atoms with E-state index in [0.29, 0.717) is 12.6 Å². The highest BCUT2D eigenvalue weighted by atomic mass is 16.1. The Labute approximate surface area is 106 Å². The van der Waals surface area contributed by atoms with Crippen molar-refractivity contribution in [2.24, 2.45) is 11.8 Å². The van der Waals surface area contributed by atoms with Gasteiger partial charge in [0.1, 0.15) is 0 Å². The van der Waals surface area contributed by atoms with Gasteiger partial charge in [0.25, 0.3) is 0 Å². The van der Waals surface area contributed by atoms with Crippen molar-refractivity contribution in [3.05, 3.63) is 0 Å². The van der Waals surface area contributed by atoms with Gasteiger partial charge in [0.15, 0.2) is 0 Å². The maximum Gasteiger partial charge on any atom is 0.233 e. The van der Waals surface area contributed by atoms with E-state index in [-0.39, 0.29) is 5.91 Å². The monoisotopic (exact) mass is 240 g/mol. The zero-order chi connectivity index (χ0) is 12.7. The maximum atomic E-state index is 11.5. The molecule has 0 aromatic heterocycles. The van der Waals surface area contributed by atoms with Crippen LogP contribution in [0.1, 0.15) is 52.9 Å². The fourth-order valence-electron chi connectivity index (χ4n) is 2.39. The molecule has 0 aromatic carbocycles. The number of carbonyl (C=O) groups is 1. The summed E-state index contributed by atoms with van der Waals surface area (Å²) >= 11 is 0. The van der Waals surface area contributed by atoms with Crippen molar-refractivity contribution in [1.82, 2.24) is 10.6 Å². The van der Waals surface area contributed by atoms with Crippen LogP contribution >= 0.6 is 0 Å². The van der Waals surface area contributed by atoms with E-state index >= 15 is 0 Å². The number of hydrogen-bond acceptors (Lipinski definition) is 2. The Morgan fingerprint density at radius 2 is 1.88 bits per heavy atom. The van der Waals surface area contributed by atoms with E-state index in [9.17, 15) is 4.79 Å². The van der Waals surface area contributed by atoms with Crippen LogP contribution in [-0.4, -0.2) is 25.0 Å². The SMILES string of the molecule is CC1CCC(CCNC(=O)CNC(C)C)CC1. The third-order valence-electron chi connectivity index (χ3n) is 3.68. The van der Waals surface area contributed by atoms with Gasteiger partial charge in [-0.1, -0.05) is 46.5 Å². The van der Waals surface area contributed by atoms with Crippen LogP contribution < -0.4 is 10.6 Å². The molecule has 0 atom stereocenters. The molecule has 100 valence electrons. The van der Waals surface area contributed by atoms with E-state index in [2.05, 4.69) is 31.4 Å². The average Bonchev–Trinajstić information content (AvgIpc) is 2.29. The summed E-state index contributed by atoms with van der Waals surface area (Å²) in [5.41, 5.74) is 0. The number of carbonyl (C=O) groups excluding carboxylic acids is 1. The van der Waals surface area contributed by atoms with Crippen LogP contribution in [0.3, 0.4) is 0 Å². The first-order valence-electron chi connectivity index (χ1n) is 7.08. The first-order valence-corrected chi connectivity index (χ1v) is 7.08. The predicted molar refractivity (Wildman–Crippen MR) is 71.9 cm³/mol. The van der Waals surface area contributed by atoms with E-state index in [1.54, 1.807) is 0 Å². The van der Waals surface area contributed by atoms with Gasteiger partial charge in [-0.2, -0.15) is 0 Å². The Hall–Kier alpha value is -0.570. The van der Waals surface area contributed by atoms with Gasteiger partial charge in [0, 0.05) is 12.6 Å². The van der Waals surface area contributed by atoms with Crippen LogP contribution in [0.4, 0.5) is 0 Å². The van der Waals surface area contributed by atoms with E-state index in [4.69, 9.17) is 0 Å². The van der Waals surface area contributed by atoms with Crippen LogP contribution in [0.5, 0.6) is 0 Å². The zero-order valence-corrected chi connectivity index (χ0v) is 11.6. The Morgan fingerprint density at radius 1 is 1.24 bits per heavy atom. The molecule has 1 aliphatic rings. The van der Waals surface area contributed by atoms with Gasteiger partial charge in [0.05, 0.1) is 6.54 Å². The molecule has 0 unspecified atom stereocenters. The number of nitrogens with one attached hydrogen (secondary N) is 2. The molecule has 0 heterocycles. The van der Waals surface area contributed by atoms with Crippen LogP contribution in [0.25, 0.3) is 0 Å². The highest BCUT2D eigenvalue weighted by molar-refractivity contribution is 5.77. The van der Waals surface area contributed by atoms with Crippen LogP contribution in [0, 0.1) is 11.8 Å². The van der Waals surface area contributed by atoms with E-state index in [0.717, 1.165) is 24.8 Å².